The molecule has 6 heteroatoms. The minimum absolute atomic E-state index is 0.151. The van der Waals surface area contributed by atoms with Crippen LogP contribution in [0.1, 0.15) is 38.5 Å². The second-order valence-electron chi connectivity index (χ2n) is 6.15. The van der Waals surface area contributed by atoms with E-state index >= 15 is 0 Å². The maximum Gasteiger partial charge on any atom is 0.312 e. The number of amides is 3. The van der Waals surface area contributed by atoms with Crippen LogP contribution in [0.3, 0.4) is 0 Å². The third kappa shape index (κ3) is 4.10. The number of hydrogen-bond donors (Lipinski definition) is 3. The number of primary amides is 1. The minimum Gasteiger partial charge on any atom is -0.352 e. The Labute approximate surface area is 120 Å². The fraction of sp³-hybridized carbons (Fsp3) is 0.857. The second kappa shape index (κ2) is 6.92. The number of likely N-dealkylation sites (tertiary alicyclic amines) is 1. The summed E-state index contributed by atoms with van der Waals surface area (Å²) in [6.07, 6.45) is 5.79. The molecule has 1 aliphatic carbocycles. The van der Waals surface area contributed by atoms with Crippen molar-refractivity contribution >= 4 is 11.9 Å². The Morgan fingerprint density at radius 1 is 1.15 bits per heavy atom. The highest BCUT2D eigenvalue weighted by Crippen LogP contribution is 2.27. The van der Waals surface area contributed by atoms with Crippen LogP contribution in [0.4, 0.5) is 4.79 Å². The van der Waals surface area contributed by atoms with Crippen LogP contribution in [0.15, 0.2) is 0 Å². The van der Waals surface area contributed by atoms with Crippen LogP contribution < -0.4 is 16.8 Å². The molecule has 20 heavy (non-hydrogen) atoms. The highest BCUT2D eigenvalue weighted by molar-refractivity contribution is 5.79. The Morgan fingerprint density at radius 2 is 1.85 bits per heavy atom. The van der Waals surface area contributed by atoms with Crippen molar-refractivity contribution in [2.24, 2.45) is 23.3 Å². The van der Waals surface area contributed by atoms with E-state index in [1.54, 1.807) is 0 Å². The monoisotopic (exact) mass is 282 g/mol. The number of urea groups is 1. The molecule has 0 bridgehead atoms. The summed E-state index contributed by atoms with van der Waals surface area (Å²) in [5.74, 6) is 0.754. The topological polar surface area (TPSA) is 101 Å². The molecule has 1 saturated carbocycles. The van der Waals surface area contributed by atoms with E-state index in [1.165, 1.54) is 0 Å². The standard InChI is InChI=1S/C14H26N4O2/c15-12-5-3-11(4-6-12)13(19)18-7-1-2-10(9-18)8-17-14(16)20/h10-12H,1-9,15H2,(H3,16,17,20). The highest BCUT2D eigenvalue weighted by atomic mass is 16.2. The van der Waals surface area contributed by atoms with Gasteiger partial charge in [-0.05, 0) is 44.4 Å². The van der Waals surface area contributed by atoms with Crippen molar-refractivity contribution in [2.45, 2.75) is 44.6 Å². The number of carbonyl (C=O) groups is 2. The number of rotatable bonds is 3. The van der Waals surface area contributed by atoms with Crippen molar-refractivity contribution < 1.29 is 9.59 Å². The highest BCUT2D eigenvalue weighted by Gasteiger charge is 2.31. The summed E-state index contributed by atoms with van der Waals surface area (Å²) in [4.78, 5) is 25.2. The minimum atomic E-state index is -0.491. The lowest BCUT2D eigenvalue weighted by Crippen LogP contribution is -2.47. The molecule has 1 aliphatic heterocycles. The maximum atomic E-state index is 12.5. The molecule has 1 atom stereocenters. The first-order chi connectivity index (χ1) is 9.56. The lowest BCUT2D eigenvalue weighted by atomic mass is 9.85. The summed E-state index contributed by atoms with van der Waals surface area (Å²) >= 11 is 0. The summed E-state index contributed by atoms with van der Waals surface area (Å²) in [7, 11) is 0. The molecule has 0 aromatic heterocycles. The Morgan fingerprint density at radius 3 is 2.50 bits per heavy atom. The molecule has 5 N–H and O–H groups in total. The summed E-state index contributed by atoms with van der Waals surface area (Å²) in [5, 5.41) is 2.64. The van der Waals surface area contributed by atoms with Crippen LogP contribution in [0.2, 0.25) is 0 Å². The van der Waals surface area contributed by atoms with Crippen LogP contribution in [-0.4, -0.2) is 42.5 Å². The van der Waals surface area contributed by atoms with Crippen molar-refractivity contribution in [1.82, 2.24) is 10.2 Å². The zero-order valence-electron chi connectivity index (χ0n) is 12.0. The third-order valence-corrected chi connectivity index (χ3v) is 4.52. The fourth-order valence-electron chi connectivity index (χ4n) is 3.30. The number of carbonyl (C=O) groups excluding carboxylic acids is 2. The summed E-state index contributed by atoms with van der Waals surface area (Å²) < 4.78 is 0. The first kappa shape index (κ1) is 15.1. The largest absolute Gasteiger partial charge is 0.352 e. The number of piperidine rings is 1. The van der Waals surface area contributed by atoms with Gasteiger partial charge in [0.1, 0.15) is 0 Å². The van der Waals surface area contributed by atoms with Gasteiger partial charge < -0.3 is 21.7 Å². The maximum absolute atomic E-state index is 12.5. The van der Waals surface area contributed by atoms with E-state index < -0.39 is 6.03 Å². The van der Waals surface area contributed by atoms with E-state index in [0.717, 1.165) is 51.6 Å². The quantitative estimate of drug-likeness (QED) is 0.698. The van der Waals surface area contributed by atoms with Gasteiger partial charge in [-0.25, -0.2) is 4.79 Å². The average Bonchev–Trinajstić information content (AvgIpc) is 2.45. The Balaban J connectivity index is 1.81. The van der Waals surface area contributed by atoms with Crippen LogP contribution in [-0.2, 0) is 4.79 Å². The summed E-state index contributed by atoms with van der Waals surface area (Å²) in [6, 6.07) is -0.220. The lowest BCUT2D eigenvalue weighted by molar-refractivity contribution is -0.138. The van der Waals surface area contributed by atoms with Crippen LogP contribution in [0.25, 0.3) is 0 Å². The van der Waals surface area contributed by atoms with E-state index in [9.17, 15) is 9.59 Å². The molecular weight excluding hydrogens is 256 g/mol. The zero-order chi connectivity index (χ0) is 14.5. The van der Waals surface area contributed by atoms with Gasteiger partial charge >= 0.3 is 6.03 Å². The second-order valence-corrected chi connectivity index (χ2v) is 6.15. The normalized spacial score (nSPS) is 30.9. The van der Waals surface area contributed by atoms with Gasteiger partial charge in [-0.3, -0.25) is 4.79 Å². The van der Waals surface area contributed by atoms with Crippen LogP contribution in [0.5, 0.6) is 0 Å². The van der Waals surface area contributed by atoms with Gasteiger partial charge in [-0.15, -0.1) is 0 Å². The molecule has 0 aromatic rings. The van der Waals surface area contributed by atoms with Gasteiger partial charge in [0, 0.05) is 31.6 Å². The number of hydrogen-bond acceptors (Lipinski definition) is 3. The van der Waals surface area contributed by atoms with Gasteiger partial charge in [0.2, 0.25) is 5.91 Å². The van der Waals surface area contributed by atoms with E-state index in [2.05, 4.69) is 5.32 Å². The predicted octanol–water partition coefficient (Wildman–Crippen LogP) is 0.411. The van der Waals surface area contributed by atoms with Crippen molar-refractivity contribution in [3.05, 3.63) is 0 Å². The predicted molar refractivity (Wildman–Crippen MR) is 76.8 cm³/mol. The zero-order valence-corrected chi connectivity index (χ0v) is 12.0. The SMILES string of the molecule is NC(=O)NCC1CCCN(C(=O)C2CCC(N)CC2)C1. The molecule has 0 radical (unpaired) electrons. The summed E-state index contributed by atoms with van der Waals surface area (Å²) in [5.41, 5.74) is 11.0. The molecule has 2 aliphatic rings. The molecule has 1 unspecified atom stereocenters. The molecular formula is C14H26N4O2. The molecule has 2 fully saturated rings. The molecule has 114 valence electrons. The van der Waals surface area contributed by atoms with E-state index in [0.29, 0.717) is 12.5 Å². The number of nitrogens with zero attached hydrogens (tertiary/aromatic N) is 1. The van der Waals surface area contributed by atoms with Crippen LogP contribution >= 0.6 is 0 Å². The summed E-state index contributed by atoms with van der Waals surface area (Å²) in [6.45, 7) is 2.14. The molecule has 2 rings (SSSR count). The van der Waals surface area contributed by atoms with E-state index in [-0.39, 0.29) is 17.9 Å². The van der Waals surface area contributed by atoms with Gasteiger partial charge in [0.15, 0.2) is 0 Å². The molecule has 6 nitrogen and oxygen atoms in total. The van der Waals surface area contributed by atoms with Crippen molar-refractivity contribution in [1.29, 1.82) is 0 Å². The number of nitrogens with one attached hydrogen (secondary N) is 1. The average molecular weight is 282 g/mol. The van der Waals surface area contributed by atoms with Gasteiger partial charge in [0.05, 0.1) is 0 Å². The first-order valence-corrected chi connectivity index (χ1v) is 7.64. The fourth-order valence-corrected chi connectivity index (χ4v) is 3.30. The smallest absolute Gasteiger partial charge is 0.312 e. The third-order valence-electron chi connectivity index (χ3n) is 4.52. The molecule has 0 aromatic carbocycles. The molecule has 1 saturated heterocycles. The van der Waals surface area contributed by atoms with Gasteiger partial charge in [-0.1, -0.05) is 0 Å². The Kier molecular flexibility index (Phi) is 5.23. The molecule has 3 amide bonds. The Bertz CT molecular complexity index is 353. The lowest BCUT2D eigenvalue weighted by Gasteiger charge is -2.36. The van der Waals surface area contributed by atoms with Crippen molar-refractivity contribution in [2.75, 3.05) is 19.6 Å². The Hall–Kier alpha value is -1.30. The van der Waals surface area contributed by atoms with Gasteiger partial charge in [-0.2, -0.15) is 0 Å². The van der Waals surface area contributed by atoms with Crippen LogP contribution in [0, 0.1) is 11.8 Å². The van der Waals surface area contributed by atoms with Crippen molar-refractivity contribution in [3.8, 4) is 0 Å². The van der Waals surface area contributed by atoms with E-state index in [1.807, 2.05) is 4.90 Å². The van der Waals surface area contributed by atoms with Crippen molar-refractivity contribution in [3.63, 3.8) is 0 Å². The van der Waals surface area contributed by atoms with Gasteiger partial charge in [0.25, 0.3) is 0 Å². The number of nitrogens with two attached hydrogens (primary N) is 2. The molecule has 1 heterocycles. The molecule has 0 spiro atoms. The van der Waals surface area contributed by atoms with E-state index in [4.69, 9.17) is 11.5 Å². The first-order valence-electron chi connectivity index (χ1n) is 7.64.